The molecule has 0 aliphatic heterocycles. The van der Waals surface area contributed by atoms with Crippen LogP contribution in [0.25, 0.3) is 0 Å². The first-order chi connectivity index (χ1) is 7.88. The van der Waals surface area contributed by atoms with Gasteiger partial charge in [-0.25, -0.2) is 4.98 Å². The summed E-state index contributed by atoms with van der Waals surface area (Å²) in [6.07, 6.45) is 1.69. The van der Waals surface area contributed by atoms with E-state index in [0.717, 1.165) is 11.3 Å². The monoisotopic (exact) mass is 209 g/mol. The summed E-state index contributed by atoms with van der Waals surface area (Å²) in [5.41, 5.74) is 1.69. The van der Waals surface area contributed by atoms with E-state index in [4.69, 9.17) is 4.74 Å². The quantitative estimate of drug-likeness (QED) is 0.673. The van der Waals surface area contributed by atoms with E-state index in [9.17, 15) is 0 Å². The highest BCUT2D eigenvalue weighted by atomic mass is 16.5. The normalized spacial score (nSPS) is 9.06. The molecule has 1 aromatic carbocycles. The molecule has 0 aliphatic carbocycles. The Bertz CT molecular complexity index is 523. The molecule has 1 heterocycles. The first kappa shape index (κ1) is 10.3. The van der Waals surface area contributed by atoms with Crippen LogP contribution in [0.2, 0.25) is 0 Å². The molecule has 0 spiro atoms. The Hall–Kier alpha value is -2.27. The van der Waals surface area contributed by atoms with Crippen LogP contribution in [0.3, 0.4) is 0 Å². The maximum absolute atomic E-state index is 5.10. The number of hydrogen-bond donors (Lipinski definition) is 0. The number of rotatable bonds is 1. The summed E-state index contributed by atoms with van der Waals surface area (Å²) in [5.74, 6) is 6.81. The number of methoxy groups -OCH3 is 1. The summed E-state index contributed by atoms with van der Waals surface area (Å²) < 4.78 is 5.10. The van der Waals surface area contributed by atoms with Gasteiger partial charge in [0.05, 0.1) is 7.11 Å². The Balaban J connectivity index is 2.24. The number of aromatic nitrogens is 1. The number of nitrogens with zero attached hydrogens (tertiary/aromatic N) is 1. The van der Waals surface area contributed by atoms with Gasteiger partial charge >= 0.3 is 0 Å². The fraction of sp³-hybridized carbons (Fsp3) is 0.0714. The first-order valence-electron chi connectivity index (χ1n) is 4.95. The van der Waals surface area contributed by atoms with E-state index in [-0.39, 0.29) is 0 Å². The molecular weight excluding hydrogens is 198 g/mol. The van der Waals surface area contributed by atoms with Crippen molar-refractivity contribution in [3.63, 3.8) is 0 Å². The van der Waals surface area contributed by atoms with Crippen LogP contribution in [0.1, 0.15) is 11.3 Å². The van der Waals surface area contributed by atoms with Crippen molar-refractivity contribution in [3.05, 3.63) is 59.9 Å². The van der Waals surface area contributed by atoms with Crippen LogP contribution in [-0.4, -0.2) is 12.1 Å². The maximum atomic E-state index is 5.10. The summed E-state index contributed by atoms with van der Waals surface area (Å²) in [6, 6.07) is 13.4. The second kappa shape index (κ2) is 4.99. The van der Waals surface area contributed by atoms with Gasteiger partial charge in [-0.2, -0.15) is 0 Å². The zero-order valence-corrected chi connectivity index (χ0v) is 8.97. The number of hydrogen-bond acceptors (Lipinski definition) is 2. The van der Waals surface area contributed by atoms with Crippen molar-refractivity contribution in [1.29, 1.82) is 0 Å². The molecule has 0 saturated heterocycles. The third kappa shape index (κ3) is 2.61. The van der Waals surface area contributed by atoms with Gasteiger partial charge in [0, 0.05) is 17.8 Å². The molecular formula is C14H11NO. The van der Waals surface area contributed by atoms with E-state index in [1.54, 1.807) is 19.4 Å². The van der Waals surface area contributed by atoms with Crippen LogP contribution in [0.4, 0.5) is 0 Å². The van der Waals surface area contributed by atoms with Gasteiger partial charge in [-0.3, -0.25) is 0 Å². The Morgan fingerprint density at radius 2 is 1.88 bits per heavy atom. The lowest BCUT2D eigenvalue weighted by Gasteiger charge is -1.97. The zero-order valence-electron chi connectivity index (χ0n) is 8.97. The number of ether oxygens (including phenoxy) is 1. The van der Waals surface area contributed by atoms with Gasteiger partial charge in [-0.1, -0.05) is 24.1 Å². The summed E-state index contributed by atoms with van der Waals surface area (Å²) in [5, 5.41) is 0. The lowest BCUT2D eigenvalue weighted by molar-refractivity contribution is 0.414. The fourth-order valence-electron chi connectivity index (χ4n) is 1.26. The highest BCUT2D eigenvalue weighted by Crippen LogP contribution is 2.08. The molecule has 16 heavy (non-hydrogen) atoms. The predicted octanol–water partition coefficient (Wildman–Crippen LogP) is 2.49. The Kier molecular flexibility index (Phi) is 3.20. The van der Waals surface area contributed by atoms with E-state index in [1.807, 2.05) is 36.4 Å². The van der Waals surface area contributed by atoms with Crippen LogP contribution in [0.5, 0.6) is 5.75 Å². The first-order valence-corrected chi connectivity index (χ1v) is 4.95. The van der Waals surface area contributed by atoms with Crippen molar-refractivity contribution in [2.24, 2.45) is 0 Å². The second-order valence-electron chi connectivity index (χ2n) is 3.20. The number of benzene rings is 1. The molecule has 0 aliphatic rings. The minimum Gasteiger partial charge on any atom is -0.497 e. The van der Waals surface area contributed by atoms with Crippen molar-refractivity contribution >= 4 is 0 Å². The third-order valence-corrected chi connectivity index (χ3v) is 2.08. The molecule has 0 atom stereocenters. The molecule has 2 heteroatoms. The van der Waals surface area contributed by atoms with Crippen LogP contribution < -0.4 is 4.74 Å². The van der Waals surface area contributed by atoms with Gasteiger partial charge in [0.1, 0.15) is 11.4 Å². The summed E-state index contributed by atoms with van der Waals surface area (Å²) in [7, 11) is 1.63. The fourth-order valence-corrected chi connectivity index (χ4v) is 1.26. The van der Waals surface area contributed by atoms with Crippen molar-refractivity contribution in [3.8, 4) is 17.6 Å². The Labute approximate surface area is 94.9 Å². The molecule has 0 unspecified atom stereocenters. The van der Waals surface area contributed by atoms with E-state index in [2.05, 4.69) is 16.8 Å². The van der Waals surface area contributed by atoms with Gasteiger partial charge in [0.2, 0.25) is 0 Å². The maximum Gasteiger partial charge on any atom is 0.123 e. The van der Waals surface area contributed by atoms with Gasteiger partial charge < -0.3 is 4.74 Å². The average molecular weight is 209 g/mol. The molecule has 1 aromatic heterocycles. The minimum atomic E-state index is 0.711. The molecule has 0 bridgehead atoms. The van der Waals surface area contributed by atoms with Gasteiger partial charge in [0.25, 0.3) is 0 Å². The van der Waals surface area contributed by atoms with Crippen molar-refractivity contribution in [1.82, 2.24) is 4.98 Å². The van der Waals surface area contributed by atoms with E-state index in [0.29, 0.717) is 5.69 Å². The zero-order chi connectivity index (χ0) is 11.2. The second-order valence-corrected chi connectivity index (χ2v) is 3.20. The molecule has 0 radical (unpaired) electrons. The summed E-state index contributed by atoms with van der Waals surface area (Å²) >= 11 is 0. The highest BCUT2D eigenvalue weighted by Gasteiger charge is 1.92. The smallest absolute Gasteiger partial charge is 0.123 e. The minimum absolute atomic E-state index is 0.711. The molecule has 0 saturated carbocycles. The van der Waals surface area contributed by atoms with Crippen molar-refractivity contribution in [2.75, 3.05) is 7.11 Å². The van der Waals surface area contributed by atoms with Gasteiger partial charge in [0.15, 0.2) is 0 Å². The predicted molar refractivity (Wildman–Crippen MR) is 63.2 cm³/mol. The molecule has 2 nitrogen and oxygen atoms in total. The van der Waals surface area contributed by atoms with E-state index >= 15 is 0 Å². The van der Waals surface area contributed by atoms with Crippen LogP contribution >= 0.6 is 0 Å². The SMILES string of the molecule is COc1ccnc(C#Cc2ccccc2)c1. The van der Waals surface area contributed by atoms with Crippen molar-refractivity contribution in [2.45, 2.75) is 0 Å². The molecule has 2 rings (SSSR count). The van der Waals surface area contributed by atoms with Crippen LogP contribution in [0, 0.1) is 11.8 Å². The molecule has 2 aromatic rings. The molecule has 0 N–H and O–H groups in total. The summed E-state index contributed by atoms with van der Waals surface area (Å²) in [4.78, 5) is 4.15. The van der Waals surface area contributed by atoms with Crippen LogP contribution in [-0.2, 0) is 0 Å². The Morgan fingerprint density at radius 1 is 1.06 bits per heavy atom. The standard InChI is InChI=1S/C14H11NO/c1-16-14-9-10-15-13(11-14)8-7-12-5-3-2-4-6-12/h2-6,9-11H,1H3. The average Bonchev–Trinajstić information content (AvgIpc) is 2.38. The van der Waals surface area contributed by atoms with Gasteiger partial charge in [-0.15, -0.1) is 0 Å². The van der Waals surface area contributed by atoms with Crippen LogP contribution in [0.15, 0.2) is 48.7 Å². The van der Waals surface area contributed by atoms with Gasteiger partial charge in [-0.05, 0) is 24.1 Å². The lowest BCUT2D eigenvalue weighted by atomic mass is 10.2. The molecule has 0 fully saturated rings. The summed E-state index contributed by atoms with van der Waals surface area (Å²) in [6.45, 7) is 0. The number of pyridine rings is 1. The Morgan fingerprint density at radius 3 is 2.62 bits per heavy atom. The lowest BCUT2D eigenvalue weighted by Crippen LogP contribution is -1.86. The van der Waals surface area contributed by atoms with Crippen molar-refractivity contribution < 1.29 is 4.74 Å². The molecule has 0 amide bonds. The largest absolute Gasteiger partial charge is 0.497 e. The topological polar surface area (TPSA) is 22.1 Å². The van der Waals surface area contributed by atoms with E-state index in [1.165, 1.54) is 0 Å². The molecule has 78 valence electrons. The van der Waals surface area contributed by atoms with E-state index < -0.39 is 0 Å². The third-order valence-electron chi connectivity index (χ3n) is 2.08. The highest BCUT2D eigenvalue weighted by molar-refractivity contribution is 5.41.